The molecule has 192 valence electrons. The van der Waals surface area contributed by atoms with E-state index in [0.717, 1.165) is 41.6 Å². The van der Waals surface area contributed by atoms with Crippen LogP contribution in [0.2, 0.25) is 0 Å². The average Bonchev–Trinajstić information content (AvgIpc) is 3.58. The molecular weight excluding hydrogens is 470 g/mol. The number of benzene rings is 2. The number of hydrogen-bond donors (Lipinski definition) is 2. The number of rotatable bonds is 4. The Kier molecular flexibility index (Phi) is 6.16. The summed E-state index contributed by atoms with van der Waals surface area (Å²) in [6.45, 7) is 5.64. The van der Waals surface area contributed by atoms with Crippen molar-refractivity contribution < 1.29 is 14.3 Å². The van der Waals surface area contributed by atoms with E-state index in [0.29, 0.717) is 61.8 Å². The molecule has 0 spiro atoms. The maximum atomic E-state index is 13.7. The molecule has 2 amide bonds. The number of aromatic nitrogens is 2. The van der Waals surface area contributed by atoms with Gasteiger partial charge in [0.15, 0.2) is 0 Å². The van der Waals surface area contributed by atoms with Crippen LogP contribution < -0.4 is 15.6 Å². The van der Waals surface area contributed by atoms with Gasteiger partial charge < -0.3 is 19.9 Å². The number of nitrogens with zero attached hydrogens (tertiary/aromatic N) is 3. The predicted octanol–water partition coefficient (Wildman–Crippen LogP) is 1.73. The zero-order valence-electron chi connectivity index (χ0n) is 21.0. The molecule has 2 aromatic carbocycles. The fourth-order valence-corrected chi connectivity index (χ4v) is 5.76. The third kappa shape index (κ3) is 4.48. The molecule has 0 radical (unpaired) electrons. The molecule has 4 heterocycles. The van der Waals surface area contributed by atoms with Crippen LogP contribution in [0.15, 0.2) is 41.2 Å². The van der Waals surface area contributed by atoms with E-state index in [1.54, 1.807) is 6.07 Å². The van der Waals surface area contributed by atoms with Crippen molar-refractivity contribution in [1.82, 2.24) is 25.3 Å². The van der Waals surface area contributed by atoms with E-state index < -0.39 is 0 Å². The summed E-state index contributed by atoms with van der Waals surface area (Å²) in [7, 11) is 0. The molecule has 3 aliphatic rings. The van der Waals surface area contributed by atoms with Crippen molar-refractivity contribution in [2.24, 2.45) is 5.92 Å². The summed E-state index contributed by atoms with van der Waals surface area (Å²) in [6.07, 6.45) is 2.10. The molecule has 6 rings (SSSR count). The van der Waals surface area contributed by atoms with Gasteiger partial charge in [-0.2, -0.15) is 5.10 Å². The maximum absolute atomic E-state index is 13.7. The van der Waals surface area contributed by atoms with E-state index in [9.17, 15) is 14.4 Å². The Morgan fingerprint density at radius 1 is 1.08 bits per heavy atom. The Balaban J connectivity index is 1.22. The summed E-state index contributed by atoms with van der Waals surface area (Å²) in [6, 6.07) is 11.3. The number of carbonyl (C=O) groups excluding carboxylic acids is 2. The first-order valence-corrected chi connectivity index (χ1v) is 13.0. The van der Waals surface area contributed by atoms with Crippen molar-refractivity contribution in [3.63, 3.8) is 0 Å². The highest BCUT2D eigenvalue weighted by atomic mass is 16.5. The van der Waals surface area contributed by atoms with Crippen LogP contribution in [0, 0.1) is 5.92 Å². The molecular formula is C28H31N5O4. The van der Waals surface area contributed by atoms with Crippen molar-refractivity contribution in [2.45, 2.75) is 32.2 Å². The van der Waals surface area contributed by atoms with Crippen LogP contribution in [0.4, 0.5) is 0 Å². The molecule has 3 aliphatic heterocycles. The van der Waals surface area contributed by atoms with Crippen molar-refractivity contribution in [3.05, 3.63) is 69.1 Å². The molecule has 1 aromatic heterocycles. The van der Waals surface area contributed by atoms with E-state index >= 15 is 0 Å². The topological polar surface area (TPSA) is 108 Å². The van der Waals surface area contributed by atoms with Crippen LogP contribution >= 0.6 is 0 Å². The number of ether oxygens (including phenoxy) is 1. The minimum atomic E-state index is -0.214. The summed E-state index contributed by atoms with van der Waals surface area (Å²) >= 11 is 0. The van der Waals surface area contributed by atoms with E-state index in [2.05, 4.69) is 28.5 Å². The normalized spacial score (nSPS) is 21.2. The van der Waals surface area contributed by atoms with Gasteiger partial charge >= 0.3 is 0 Å². The van der Waals surface area contributed by atoms with Crippen LogP contribution in [-0.4, -0.2) is 77.2 Å². The highest BCUT2D eigenvalue weighted by Crippen LogP contribution is 2.33. The van der Waals surface area contributed by atoms with E-state index in [1.807, 2.05) is 34.1 Å². The van der Waals surface area contributed by atoms with Gasteiger partial charge in [0.1, 0.15) is 5.75 Å². The van der Waals surface area contributed by atoms with E-state index in [-0.39, 0.29) is 23.4 Å². The molecule has 2 unspecified atom stereocenters. The third-order valence-electron chi connectivity index (χ3n) is 7.75. The number of piperazine rings is 1. The van der Waals surface area contributed by atoms with Gasteiger partial charge in [-0.3, -0.25) is 14.4 Å². The highest BCUT2D eigenvalue weighted by molar-refractivity contribution is 5.98. The number of H-pyrrole nitrogens is 1. The quantitative estimate of drug-likeness (QED) is 0.564. The molecule has 2 N–H and O–H groups in total. The number of aromatic amines is 1. The van der Waals surface area contributed by atoms with Gasteiger partial charge in [0, 0.05) is 44.4 Å². The first-order valence-electron chi connectivity index (χ1n) is 13.0. The Morgan fingerprint density at radius 2 is 1.84 bits per heavy atom. The fourth-order valence-electron chi connectivity index (χ4n) is 5.76. The molecule has 2 fully saturated rings. The zero-order chi connectivity index (χ0) is 25.5. The third-order valence-corrected chi connectivity index (χ3v) is 7.75. The van der Waals surface area contributed by atoms with Gasteiger partial charge in [-0.25, -0.2) is 5.10 Å². The van der Waals surface area contributed by atoms with Crippen molar-refractivity contribution in [2.75, 3.05) is 39.3 Å². The van der Waals surface area contributed by atoms with Crippen molar-refractivity contribution in [1.29, 1.82) is 0 Å². The molecule has 2 saturated heterocycles. The summed E-state index contributed by atoms with van der Waals surface area (Å²) in [5.74, 6) is 1.24. The summed E-state index contributed by atoms with van der Waals surface area (Å²) in [5.41, 5.74) is 3.07. The van der Waals surface area contributed by atoms with Gasteiger partial charge in [0.2, 0.25) is 5.91 Å². The largest absolute Gasteiger partial charge is 0.492 e. The molecule has 0 saturated carbocycles. The first-order chi connectivity index (χ1) is 18.0. The Bertz CT molecular complexity index is 1430. The van der Waals surface area contributed by atoms with Crippen LogP contribution in [-0.2, 0) is 17.6 Å². The van der Waals surface area contributed by atoms with Crippen molar-refractivity contribution in [3.8, 4) is 5.75 Å². The summed E-state index contributed by atoms with van der Waals surface area (Å²) in [4.78, 5) is 42.5. The smallest absolute Gasteiger partial charge is 0.272 e. The minimum Gasteiger partial charge on any atom is -0.492 e. The summed E-state index contributed by atoms with van der Waals surface area (Å²) < 4.78 is 5.89. The van der Waals surface area contributed by atoms with Gasteiger partial charge in [-0.15, -0.1) is 0 Å². The van der Waals surface area contributed by atoms with Gasteiger partial charge in [0.25, 0.3) is 11.5 Å². The Hall–Kier alpha value is -3.72. The van der Waals surface area contributed by atoms with Crippen LogP contribution in [0.25, 0.3) is 10.8 Å². The summed E-state index contributed by atoms with van der Waals surface area (Å²) in [5, 5.41) is 11.6. The van der Waals surface area contributed by atoms with Crippen molar-refractivity contribution >= 4 is 22.6 Å². The standard InChI is InChI=1S/C28H31N5O4/c1-17-12-24(29-16-17)28(36)33-9-7-32(8-10-33)27(35)22-14-18(13-19-6-11-37-25(19)22)15-23-20-4-2-3-5-21(20)26(34)31-30-23/h2-5,13-14,17,24,29H,6-12,15-16H2,1H3,(H,31,34). The Morgan fingerprint density at radius 3 is 2.59 bits per heavy atom. The van der Waals surface area contributed by atoms with Crippen LogP contribution in [0.3, 0.4) is 0 Å². The lowest BCUT2D eigenvalue weighted by Crippen LogP contribution is -2.54. The lowest BCUT2D eigenvalue weighted by molar-refractivity contribution is -0.134. The number of nitrogens with one attached hydrogen (secondary N) is 2. The van der Waals surface area contributed by atoms with Gasteiger partial charge in [0.05, 0.1) is 29.3 Å². The molecule has 0 aliphatic carbocycles. The number of carbonyl (C=O) groups is 2. The second-order valence-electron chi connectivity index (χ2n) is 10.4. The molecule has 37 heavy (non-hydrogen) atoms. The molecule has 0 bridgehead atoms. The van der Waals surface area contributed by atoms with E-state index in [1.165, 1.54) is 0 Å². The molecule has 2 atom stereocenters. The van der Waals surface area contributed by atoms with Crippen LogP contribution in [0.5, 0.6) is 5.75 Å². The lowest BCUT2D eigenvalue weighted by Gasteiger charge is -2.36. The maximum Gasteiger partial charge on any atom is 0.272 e. The fraction of sp³-hybridized carbons (Fsp3) is 0.429. The lowest BCUT2D eigenvalue weighted by atomic mass is 9.98. The predicted molar refractivity (Wildman–Crippen MR) is 139 cm³/mol. The molecule has 9 heteroatoms. The highest BCUT2D eigenvalue weighted by Gasteiger charge is 2.34. The monoisotopic (exact) mass is 501 g/mol. The van der Waals surface area contributed by atoms with E-state index in [4.69, 9.17) is 4.74 Å². The number of fused-ring (bicyclic) bond motifs is 2. The van der Waals surface area contributed by atoms with Gasteiger partial charge in [-0.05, 0) is 42.1 Å². The SMILES string of the molecule is CC1CNC(C(=O)N2CCN(C(=O)c3cc(Cc4n[nH]c(=O)c5ccccc45)cc4c3OCC4)CC2)C1. The second-order valence-corrected chi connectivity index (χ2v) is 10.4. The van der Waals surface area contributed by atoms with Crippen LogP contribution in [0.1, 0.15) is 40.5 Å². The minimum absolute atomic E-state index is 0.0704. The molecule has 9 nitrogen and oxygen atoms in total. The zero-order valence-corrected chi connectivity index (χ0v) is 21.0. The molecule has 3 aromatic rings. The Labute approximate surface area is 214 Å². The second kappa shape index (κ2) is 9.63. The first kappa shape index (κ1) is 23.7. The number of amides is 2. The van der Waals surface area contributed by atoms with Gasteiger partial charge in [-0.1, -0.05) is 31.2 Å². The average molecular weight is 502 g/mol. The number of hydrogen-bond acceptors (Lipinski definition) is 6.